The Morgan fingerprint density at radius 1 is 1.29 bits per heavy atom. The highest BCUT2D eigenvalue weighted by Gasteiger charge is 2.20. The van der Waals surface area contributed by atoms with Crippen molar-refractivity contribution in [2.24, 2.45) is 0 Å². The van der Waals surface area contributed by atoms with Gasteiger partial charge in [0.25, 0.3) is 5.22 Å². The van der Waals surface area contributed by atoms with Crippen LogP contribution in [0.2, 0.25) is 0 Å². The minimum atomic E-state index is -0.990. The number of thioether (sulfide) groups is 1. The lowest BCUT2D eigenvalue weighted by Gasteiger charge is -1.96. The van der Waals surface area contributed by atoms with E-state index >= 15 is 0 Å². The number of nitrogens with zero attached hydrogens (tertiary/aromatic N) is 1. The van der Waals surface area contributed by atoms with Gasteiger partial charge in [0.2, 0.25) is 0 Å². The van der Waals surface area contributed by atoms with E-state index in [1.54, 1.807) is 18.2 Å². The molecule has 0 amide bonds. The summed E-state index contributed by atoms with van der Waals surface area (Å²) in [7, 11) is 0. The van der Waals surface area contributed by atoms with Crippen molar-refractivity contribution in [2.75, 3.05) is 0 Å². The quantitative estimate of drug-likeness (QED) is 0.733. The molecule has 0 atom stereocenters. The van der Waals surface area contributed by atoms with Crippen molar-refractivity contribution in [3.63, 3.8) is 0 Å². The van der Waals surface area contributed by atoms with Crippen LogP contribution >= 0.6 is 11.8 Å². The summed E-state index contributed by atoms with van der Waals surface area (Å²) in [5, 5.41) is 10.5. The Morgan fingerprint density at radius 3 is 2.71 bits per heavy atom. The first-order valence-electron chi connectivity index (χ1n) is 6.37. The predicted molar refractivity (Wildman–Crippen MR) is 78.7 cm³/mol. The van der Waals surface area contributed by atoms with E-state index in [0.29, 0.717) is 27.7 Å². The molecule has 0 saturated heterocycles. The molecule has 0 saturated carbocycles. The average molecular weight is 303 g/mol. The minimum Gasteiger partial charge on any atom is -0.478 e. The largest absolute Gasteiger partial charge is 0.478 e. The van der Waals surface area contributed by atoms with Gasteiger partial charge in [0.15, 0.2) is 0 Å². The fourth-order valence-electron chi connectivity index (χ4n) is 2.06. The number of carboxylic acids is 1. The van der Waals surface area contributed by atoms with Crippen molar-refractivity contribution < 1.29 is 18.7 Å². The summed E-state index contributed by atoms with van der Waals surface area (Å²) in [5.41, 5.74) is 1.61. The van der Waals surface area contributed by atoms with Crippen LogP contribution in [0.5, 0.6) is 0 Å². The Morgan fingerprint density at radius 2 is 2.05 bits per heavy atom. The minimum absolute atomic E-state index is 0.207. The van der Waals surface area contributed by atoms with Gasteiger partial charge in [0.1, 0.15) is 22.7 Å². The predicted octanol–water partition coefficient (Wildman–Crippen LogP) is 4.03. The zero-order valence-electron chi connectivity index (χ0n) is 11.5. The molecule has 0 radical (unpaired) electrons. The van der Waals surface area contributed by atoms with Crippen LogP contribution in [0.25, 0.3) is 11.0 Å². The van der Waals surface area contributed by atoms with Gasteiger partial charge in [0.05, 0.1) is 11.4 Å². The Bertz CT molecular complexity index is 799. The number of aromatic carboxylic acids is 1. The van der Waals surface area contributed by atoms with Gasteiger partial charge in [-0.1, -0.05) is 30.0 Å². The number of hydrogen-bond donors (Lipinski definition) is 1. The summed E-state index contributed by atoms with van der Waals surface area (Å²) in [4.78, 5) is 15.7. The Hall–Kier alpha value is -2.21. The van der Waals surface area contributed by atoms with E-state index in [9.17, 15) is 9.90 Å². The van der Waals surface area contributed by atoms with Gasteiger partial charge in [0, 0.05) is 5.39 Å². The number of para-hydroxylation sites is 1. The third-order valence-corrected chi connectivity index (χ3v) is 4.05. The van der Waals surface area contributed by atoms with E-state index in [-0.39, 0.29) is 5.56 Å². The summed E-state index contributed by atoms with van der Waals surface area (Å²) in [6.45, 7) is 3.71. The molecule has 0 fully saturated rings. The first-order chi connectivity index (χ1) is 10.1. The number of furan rings is 1. The molecule has 1 aromatic carbocycles. The van der Waals surface area contributed by atoms with Crippen molar-refractivity contribution in [1.82, 2.24) is 4.98 Å². The van der Waals surface area contributed by atoms with Gasteiger partial charge in [-0.2, -0.15) is 0 Å². The lowest BCUT2D eigenvalue weighted by atomic mass is 10.1. The molecule has 3 rings (SSSR count). The zero-order chi connectivity index (χ0) is 15.0. The second-order valence-corrected chi connectivity index (χ2v) is 5.54. The van der Waals surface area contributed by atoms with Gasteiger partial charge < -0.3 is 13.9 Å². The topological polar surface area (TPSA) is 76.5 Å². The Labute approximate surface area is 125 Å². The number of hydrogen-bond acceptors (Lipinski definition) is 5. The average Bonchev–Trinajstić information content (AvgIpc) is 2.97. The third-order valence-electron chi connectivity index (χ3n) is 3.22. The van der Waals surface area contributed by atoms with Crippen LogP contribution in [-0.4, -0.2) is 16.1 Å². The van der Waals surface area contributed by atoms with Crippen LogP contribution in [0.15, 0.2) is 38.3 Å². The number of oxazole rings is 1. The van der Waals surface area contributed by atoms with E-state index in [2.05, 4.69) is 4.98 Å². The third kappa shape index (κ3) is 2.54. The van der Waals surface area contributed by atoms with Crippen molar-refractivity contribution >= 4 is 28.7 Å². The molecule has 0 spiro atoms. The normalized spacial score (nSPS) is 11.1. The highest BCUT2D eigenvalue weighted by atomic mass is 32.2. The molecule has 108 valence electrons. The first-order valence-corrected chi connectivity index (χ1v) is 7.35. The van der Waals surface area contributed by atoms with Crippen molar-refractivity contribution in [1.29, 1.82) is 0 Å². The van der Waals surface area contributed by atoms with Gasteiger partial charge in [-0.25, -0.2) is 9.78 Å². The Kier molecular flexibility index (Phi) is 3.47. The van der Waals surface area contributed by atoms with Crippen LogP contribution in [0.4, 0.5) is 0 Å². The van der Waals surface area contributed by atoms with Gasteiger partial charge in [-0.3, -0.25) is 0 Å². The maximum Gasteiger partial charge on any atom is 0.339 e. The number of aryl methyl sites for hydroxylation is 2. The molecule has 21 heavy (non-hydrogen) atoms. The summed E-state index contributed by atoms with van der Waals surface area (Å²) < 4.78 is 11.1. The molecular weight excluding hydrogens is 290 g/mol. The molecule has 0 aliphatic heterocycles. The van der Waals surface area contributed by atoms with E-state index in [1.165, 1.54) is 11.8 Å². The Balaban J connectivity index is 1.93. The van der Waals surface area contributed by atoms with E-state index in [1.807, 2.05) is 19.9 Å². The number of fused-ring (bicyclic) bond motifs is 1. The molecule has 0 aliphatic carbocycles. The van der Waals surface area contributed by atoms with E-state index in [4.69, 9.17) is 8.83 Å². The SMILES string of the molecule is Cc1nc(SCc2oc3ccccc3c2C(=O)O)oc1C. The first kappa shape index (κ1) is 13.8. The number of benzene rings is 1. The number of carbonyl (C=O) groups is 1. The van der Waals surface area contributed by atoms with Crippen LogP contribution in [-0.2, 0) is 5.75 Å². The van der Waals surface area contributed by atoms with E-state index < -0.39 is 5.97 Å². The highest BCUT2D eigenvalue weighted by molar-refractivity contribution is 7.98. The second kappa shape index (κ2) is 5.29. The summed E-state index contributed by atoms with van der Waals surface area (Å²) >= 11 is 1.32. The molecule has 0 unspecified atom stereocenters. The standard InChI is InChI=1S/C15H13NO4S/c1-8-9(2)19-15(16-8)21-7-12-13(14(17)18)10-5-3-4-6-11(10)20-12/h3-6H,7H2,1-2H3,(H,17,18). The molecule has 2 heterocycles. The fraction of sp³-hybridized carbons (Fsp3) is 0.200. The van der Waals surface area contributed by atoms with Crippen molar-refractivity contribution in [2.45, 2.75) is 24.8 Å². The smallest absolute Gasteiger partial charge is 0.339 e. The fourth-order valence-corrected chi connectivity index (χ4v) is 2.91. The van der Waals surface area contributed by atoms with Gasteiger partial charge >= 0.3 is 5.97 Å². The molecular formula is C15H13NO4S. The maximum atomic E-state index is 11.5. The monoisotopic (exact) mass is 303 g/mol. The lowest BCUT2D eigenvalue weighted by Crippen LogP contribution is -1.98. The molecule has 0 bridgehead atoms. The summed E-state index contributed by atoms with van der Waals surface area (Å²) in [6, 6.07) is 7.11. The second-order valence-electron chi connectivity index (χ2n) is 4.61. The van der Waals surface area contributed by atoms with Crippen LogP contribution in [0.1, 0.15) is 27.6 Å². The summed E-state index contributed by atoms with van der Waals surface area (Å²) in [6.07, 6.45) is 0. The molecule has 0 aliphatic rings. The van der Waals surface area contributed by atoms with Crippen molar-refractivity contribution in [3.05, 3.63) is 47.0 Å². The highest BCUT2D eigenvalue weighted by Crippen LogP contribution is 2.31. The number of aromatic nitrogens is 1. The van der Waals surface area contributed by atoms with Crippen LogP contribution in [0.3, 0.4) is 0 Å². The molecule has 3 aromatic rings. The maximum absolute atomic E-state index is 11.5. The van der Waals surface area contributed by atoms with Gasteiger partial charge in [-0.05, 0) is 19.9 Å². The lowest BCUT2D eigenvalue weighted by molar-refractivity contribution is 0.0696. The number of rotatable bonds is 4. The molecule has 5 nitrogen and oxygen atoms in total. The molecule has 6 heteroatoms. The zero-order valence-corrected chi connectivity index (χ0v) is 12.4. The molecule has 2 aromatic heterocycles. The number of carboxylic acid groups (broad SMARTS) is 1. The van der Waals surface area contributed by atoms with Crippen LogP contribution in [0, 0.1) is 13.8 Å². The van der Waals surface area contributed by atoms with Crippen molar-refractivity contribution in [3.8, 4) is 0 Å². The molecule has 1 N–H and O–H groups in total. The van der Waals surface area contributed by atoms with E-state index in [0.717, 1.165) is 11.5 Å². The van der Waals surface area contributed by atoms with Gasteiger partial charge in [-0.15, -0.1) is 0 Å². The summed E-state index contributed by atoms with van der Waals surface area (Å²) in [5.74, 6) is 0.550. The van der Waals surface area contributed by atoms with Crippen LogP contribution < -0.4 is 0 Å².